The fraction of sp³-hybridized carbons (Fsp3) is 0.619. The van der Waals surface area contributed by atoms with Crippen molar-refractivity contribution in [3.05, 3.63) is 30.3 Å². The number of hydrogen-bond donors (Lipinski definition) is 2. The van der Waals surface area contributed by atoms with Crippen molar-refractivity contribution >= 4 is 35.8 Å². The van der Waals surface area contributed by atoms with E-state index in [0.717, 1.165) is 44.1 Å². The maximum absolute atomic E-state index is 12.6. The summed E-state index contributed by atoms with van der Waals surface area (Å²) in [5.74, 6) is 2.24. The second-order valence-corrected chi connectivity index (χ2v) is 7.59. The smallest absolute Gasteiger partial charge is 0.225 e. The first-order valence-electron chi connectivity index (χ1n) is 10.1. The monoisotopic (exact) mass is 500 g/mol. The van der Waals surface area contributed by atoms with Crippen LogP contribution in [0.25, 0.3) is 0 Å². The maximum atomic E-state index is 12.6. The van der Waals surface area contributed by atoms with Gasteiger partial charge < -0.3 is 20.3 Å². The largest absolute Gasteiger partial charge is 0.489 e. The van der Waals surface area contributed by atoms with Gasteiger partial charge in [-0.1, -0.05) is 31.0 Å². The van der Waals surface area contributed by atoms with Crippen LogP contribution in [0.1, 0.15) is 39.0 Å². The standard InChI is InChI=1S/C21H32N4O2.HI/c1-16(27-19-10-4-3-5-11-19)14-23-21(22-2)24-18-12-13-25(15-18)20(26)17-8-6-7-9-17;/h3-5,10-11,16-18H,6-9,12-15H2,1-2H3,(H2,22,23,24);1H. The lowest BCUT2D eigenvalue weighted by Gasteiger charge is -2.22. The Balaban J connectivity index is 0.00000280. The normalized spacial score (nSPS) is 21.1. The van der Waals surface area contributed by atoms with Crippen molar-refractivity contribution < 1.29 is 9.53 Å². The number of halogens is 1. The molecule has 1 aromatic rings. The molecule has 0 radical (unpaired) electrons. The molecule has 1 aliphatic carbocycles. The molecule has 0 spiro atoms. The SMILES string of the molecule is CN=C(NCC(C)Oc1ccccc1)NC1CCN(C(=O)C2CCCC2)C1.I. The number of carbonyl (C=O) groups is 1. The van der Waals surface area contributed by atoms with Gasteiger partial charge in [0.2, 0.25) is 5.91 Å². The minimum absolute atomic E-state index is 0. The van der Waals surface area contributed by atoms with Crippen molar-refractivity contribution in [2.75, 3.05) is 26.7 Å². The van der Waals surface area contributed by atoms with E-state index >= 15 is 0 Å². The van der Waals surface area contributed by atoms with Crippen LogP contribution >= 0.6 is 24.0 Å². The Morgan fingerprint density at radius 2 is 1.96 bits per heavy atom. The zero-order chi connectivity index (χ0) is 19.1. The van der Waals surface area contributed by atoms with Crippen LogP contribution in [0.5, 0.6) is 5.75 Å². The molecule has 1 aromatic carbocycles. The van der Waals surface area contributed by atoms with Gasteiger partial charge in [0, 0.05) is 32.1 Å². The van der Waals surface area contributed by atoms with Crippen LogP contribution in [-0.4, -0.2) is 55.6 Å². The molecule has 1 heterocycles. The van der Waals surface area contributed by atoms with Crippen molar-refractivity contribution in [1.29, 1.82) is 0 Å². The number of guanidine groups is 1. The predicted octanol–water partition coefficient (Wildman–Crippen LogP) is 3.03. The summed E-state index contributed by atoms with van der Waals surface area (Å²) < 4.78 is 5.89. The van der Waals surface area contributed by atoms with Gasteiger partial charge in [0.1, 0.15) is 11.9 Å². The molecule has 2 aliphatic rings. The van der Waals surface area contributed by atoms with E-state index in [0.29, 0.717) is 12.5 Å². The van der Waals surface area contributed by atoms with Gasteiger partial charge in [-0.25, -0.2) is 0 Å². The highest BCUT2D eigenvalue weighted by atomic mass is 127. The molecule has 1 amide bonds. The van der Waals surface area contributed by atoms with Crippen LogP contribution in [0.3, 0.4) is 0 Å². The zero-order valence-corrected chi connectivity index (χ0v) is 19.2. The van der Waals surface area contributed by atoms with Crippen LogP contribution in [0, 0.1) is 5.92 Å². The van der Waals surface area contributed by atoms with Crippen molar-refractivity contribution in [2.24, 2.45) is 10.9 Å². The summed E-state index contributed by atoms with van der Waals surface area (Å²) in [5, 5.41) is 6.78. The van der Waals surface area contributed by atoms with Gasteiger partial charge in [0.25, 0.3) is 0 Å². The minimum Gasteiger partial charge on any atom is -0.489 e. The van der Waals surface area contributed by atoms with E-state index in [1.165, 1.54) is 12.8 Å². The number of benzene rings is 1. The summed E-state index contributed by atoms with van der Waals surface area (Å²) in [5.41, 5.74) is 0. The highest BCUT2D eigenvalue weighted by Gasteiger charge is 2.32. The topological polar surface area (TPSA) is 66.0 Å². The third-order valence-electron chi connectivity index (χ3n) is 5.41. The van der Waals surface area contributed by atoms with E-state index in [1.54, 1.807) is 7.05 Å². The third kappa shape index (κ3) is 6.53. The van der Waals surface area contributed by atoms with Gasteiger partial charge in [-0.3, -0.25) is 9.79 Å². The lowest BCUT2D eigenvalue weighted by Crippen LogP contribution is -2.47. The number of likely N-dealkylation sites (tertiary alicyclic amines) is 1. The summed E-state index contributed by atoms with van der Waals surface area (Å²) in [6, 6.07) is 10.1. The van der Waals surface area contributed by atoms with Crippen molar-refractivity contribution in [3.8, 4) is 5.75 Å². The molecule has 1 aliphatic heterocycles. The Hall–Kier alpha value is -1.51. The quantitative estimate of drug-likeness (QED) is 0.358. The average Bonchev–Trinajstić information content (AvgIpc) is 3.37. The molecule has 2 atom stereocenters. The van der Waals surface area contributed by atoms with Gasteiger partial charge in [-0.2, -0.15) is 0 Å². The fourth-order valence-corrected chi connectivity index (χ4v) is 3.91. The molecule has 0 bridgehead atoms. The minimum atomic E-state index is 0. The summed E-state index contributed by atoms with van der Waals surface area (Å²) in [6.45, 7) is 4.31. The van der Waals surface area contributed by atoms with Crippen LogP contribution in [0.2, 0.25) is 0 Å². The lowest BCUT2D eigenvalue weighted by molar-refractivity contribution is -0.134. The van der Waals surface area contributed by atoms with Gasteiger partial charge in [-0.15, -0.1) is 24.0 Å². The molecule has 0 aromatic heterocycles. The molecule has 28 heavy (non-hydrogen) atoms. The number of nitrogens with one attached hydrogen (secondary N) is 2. The first kappa shape index (κ1) is 22.8. The average molecular weight is 500 g/mol. The number of hydrogen-bond acceptors (Lipinski definition) is 3. The Labute approximate surface area is 185 Å². The Kier molecular flexibility index (Phi) is 9.34. The summed E-state index contributed by atoms with van der Waals surface area (Å²) >= 11 is 0. The number of para-hydroxylation sites is 1. The van der Waals surface area contributed by atoms with Crippen LogP contribution < -0.4 is 15.4 Å². The first-order chi connectivity index (χ1) is 13.2. The molecule has 2 unspecified atom stereocenters. The molecule has 7 heteroatoms. The van der Waals surface area contributed by atoms with E-state index in [9.17, 15) is 4.79 Å². The Morgan fingerprint density at radius 3 is 2.64 bits per heavy atom. The maximum Gasteiger partial charge on any atom is 0.225 e. The number of nitrogens with zero attached hydrogens (tertiary/aromatic N) is 2. The molecule has 2 fully saturated rings. The van der Waals surface area contributed by atoms with Gasteiger partial charge >= 0.3 is 0 Å². The lowest BCUT2D eigenvalue weighted by atomic mass is 10.1. The van der Waals surface area contributed by atoms with E-state index in [4.69, 9.17) is 4.74 Å². The van der Waals surface area contributed by atoms with Crippen LogP contribution in [0.4, 0.5) is 0 Å². The second kappa shape index (κ2) is 11.5. The molecule has 1 saturated carbocycles. The number of aliphatic imine (C=N–C) groups is 1. The Morgan fingerprint density at radius 1 is 1.25 bits per heavy atom. The molecule has 2 N–H and O–H groups in total. The number of carbonyl (C=O) groups excluding carboxylic acids is 1. The Bertz CT molecular complexity index is 635. The summed E-state index contributed by atoms with van der Waals surface area (Å²) in [6.07, 6.45) is 5.52. The summed E-state index contributed by atoms with van der Waals surface area (Å²) in [7, 11) is 1.77. The molecular weight excluding hydrogens is 467 g/mol. The second-order valence-electron chi connectivity index (χ2n) is 7.59. The van der Waals surface area contributed by atoms with E-state index in [1.807, 2.05) is 42.2 Å². The van der Waals surface area contributed by atoms with Crippen molar-refractivity contribution in [2.45, 2.75) is 51.2 Å². The first-order valence-corrected chi connectivity index (χ1v) is 10.1. The molecule has 1 saturated heterocycles. The summed E-state index contributed by atoms with van der Waals surface area (Å²) in [4.78, 5) is 18.9. The predicted molar refractivity (Wildman–Crippen MR) is 123 cm³/mol. The number of ether oxygens (including phenoxy) is 1. The fourth-order valence-electron chi connectivity index (χ4n) is 3.91. The van der Waals surface area contributed by atoms with Crippen LogP contribution in [0.15, 0.2) is 35.3 Å². The zero-order valence-electron chi connectivity index (χ0n) is 16.9. The van der Waals surface area contributed by atoms with Crippen LogP contribution in [-0.2, 0) is 4.79 Å². The van der Waals surface area contributed by atoms with Gasteiger partial charge in [0.05, 0.1) is 6.54 Å². The van der Waals surface area contributed by atoms with E-state index in [2.05, 4.69) is 15.6 Å². The van der Waals surface area contributed by atoms with Crippen molar-refractivity contribution in [3.63, 3.8) is 0 Å². The van der Waals surface area contributed by atoms with Crippen molar-refractivity contribution in [1.82, 2.24) is 15.5 Å². The molecule has 3 rings (SSSR count). The molecule has 6 nitrogen and oxygen atoms in total. The van der Waals surface area contributed by atoms with Gasteiger partial charge in [0.15, 0.2) is 5.96 Å². The number of rotatable bonds is 6. The number of amides is 1. The highest BCUT2D eigenvalue weighted by molar-refractivity contribution is 14.0. The van der Waals surface area contributed by atoms with Gasteiger partial charge in [-0.05, 0) is 38.3 Å². The van der Waals surface area contributed by atoms with E-state index in [-0.39, 0.29) is 42.0 Å². The molecular formula is C21H33IN4O2. The molecule has 156 valence electrons. The highest BCUT2D eigenvalue weighted by Crippen LogP contribution is 2.27. The van der Waals surface area contributed by atoms with E-state index < -0.39 is 0 Å². The third-order valence-corrected chi connectivity index (χ3v) is 5.41.